The molecular weight excluding hydrogens is 372 g/mol. The third-order valence-electron chi connectivity index (χ3n) is 4.77. The molecule has 6 nitrogen and oxygen atoms in total. The zero-order chi connectivity index (χ0) is 19.1. The molecule has 28 heavy (non-hydrogen) atoms. The first-order valence-electron chi connectivity index (χ1n) is 8.89. The lowest BCUT2D eigenvalue weighted by molar-refractivity contribution is -0.115. The molecule has 0 bridgehead atoms. The van der Waals surface area contributed by atoms with Crippen LogP contribution in [0.2, 0.25) is 0 Å². The van der Waals surface area contributed by atoms with Crippen LogP contribution in [0, 0.1) is 0 Å². The Bertz CT molecular complexity index is 1210. The third kappa shape index (κ3) is 2.95. The van der Waals surface area contributed by atoms with Gasteiger partial charge in [0.1, 0.15) is 0 Å². The Hall–Kier alpha value is -3.45. The molecule has 0 saturated carbocycles. The fourth-order valence-corrected chi connectivity index (χ4v) is 4.24. The van der Waals surface area contributed by atoms with E-state index >= 15 is 0 Å². The van der Waals surface area contributed by atoms with E-state index in [4.69, 9.17) is 0 Å². The van der Waals surface area contributed by atoms with Gasteiger partial charge in [0.2, 0.25) is 5.91 Å². The van der Waals surface area contributed by atoms with Crippen molar-refractivity contribution in [3.05, 3.63) is 76.9 Å². The minimum absolute atomic E-state index is 0.0995. The number of carbonyl (C=O) groups is 2. The maximum absolute atomic E-state index is 12.5. The summed E-state index contributed by atoms with van der Waals surface area (Å²) in [5.41, 5.74) is 5.02. The number of benzene rings is 2. The first kappa shape index (κ1) is 16.7. The molecule has 2 aromatic heterocycles. The quantitative estimate of drug-likeness (QED) is 0.562. The van der Waals surface area contributed by atoms with Crippen LogP contribution in [0.5, 0.6) is 0 Å². The molecule has 0 spiro atoms. The summed E-state index contributed by atoms with van der Waals surface area (Å²) in [5.74, 6) is -0.231. The molecule has 0 aliphatic carbocycles. The van der Waals surface area contributed by atoms with Gasteiger partial charge in [0, 0.05) is 40.6 Å². The molecule has 2 amide bonds. The second-order valence-corrected chi connectivity index (χ2v) is 7.49. The monoisotopic (exact) mass is 388 g/mol. The van der Waals surface area contributed by atoms with Crippen LogP contribution in [-0.4, -0.2) is 21.2 Å². The van der Waals surface area contributed by atoms with Crippen molar-refractivity contribution in [2.24, 2.45) is 0 Å². The summed E-state index contributed by atoms with van der Waals surface area (Å²) in [5, 5.41) is 7.61. The molecule has 2 N–H and O–H groups in total. The number of nitrogens with one attached hydrogen (secondary N) is 2. The fraction of sp³-hybridized carbons (Fsp3) is 0.0952. The van der Waals surface area contributed by atoms with Gasteiger partial charge in [0.15, 0.2) is 4.96 Å². The molecule has 0 unspecified atom stereocenters. The number of aromatic nitrogens is 2. The number of rotatable bonds is 4. The van der Waals surface area contributed by atoms with Gasteiger partial charge in [-0.1, -0.05) is 36.4 Å². The number of amides is 2. The average molecular weight is 388 g/mol. The molecule has 138 valence electrons. The maximum atomic E-state index is 12.5. The van der Waals surface area contributed by atoms with Crippen LogP contribution < -0.4 is 10.6 Å². The van der Waals surface area contributed by atoms with Crippen LogP contribution in [0.1, 0.15) is 21.6 Å². The van der Waals surface area contributed by atoms with Crippen molar-refractivity contribution in [3.8, 4) is 11.3 Å². The van der Waals surface area contributed by atoms with Crippen LogP contribution in [0.25, 0.3) is 16.2 Å². The van der Waals surface area contributed by atoms with E-state index in [1.54, 1.807) is 6.07 Å². The molecule has 4 aromatic rings. The highest BCUT2D eigenvalue weighted by Gasteiger charge is 2.19. The Kier molecular flexibility index (Phi) is 3.95. The number of fused-ring (bicyclic) bond motifs is 2. The Morgan fingerprint density at radius 2 is 2.07 bits per heavy atom. The lowest BCUT2D eigenvalue weighted by atomic mass is 10.1. The second-order valence-electron chi connectivity index (χ2n) is 6.65. The van der Waals surface area contributed by atoms with Crippen molar-refractivity contribution in [1.82, 2.24) is 14.7 Å². The molecule has 7 heteroatoms. The van der Waals surface area contributed by atoms with Crippen LogP contribution in [0.3, 0.4) is 0 Å². The maximum Gasteiger partial charge on any atom is 0.251 e. The van der Waals surface area contributed by atoms with Crippen molar-refractivity contribution >= 4 is 33.8 Å². The molecule has 2 aromatic carbocycles. The van der Waals surface area contributed by atoms with Gasteiger partial charge in [0.25, 0.3) is 5.91 Å². The van der Waals surface area contributed by atoms with Gasteiger partial charge in [-0.05, 0) is 17.7 Å². The minimum Gasteiger partial charge on any atom is -0.348 e. The van der Waals surface area contributed by atoms with E-state index in [1.165, 1.54) is 11.3 Å². The Morgan fingerprint density at radius 1 is 1.21 bits per heavy atom. The predicted molar refractivity (Wildman–Crippen MR) is 108 cm³/mol. The van der Waals surface area contributed by atoms with E-state index in [-0.39, 0.29) is 18.2 Å². The number of nitrogens with zero attached hydrogens (tertiary/aromatic N) is 2. The molecule has 0 fully saturated rings. The molecule has 5 rings (SSSR count). The Balaban J connectivity index is 1.35. The van der Waals surface area contributed by atoms with Crippen molar-refractivity contribution in [3.63, 3.8) is 0 Å². The van der Waals surface area contributed by atoms with E-state index < -0.39 is 0 Å². The highest BCUT2D eigenvalue weighted by molar-refractivity contribution is 7.15. The molecule has 0 atom stereocenters. The van der Waals surface area contributed by atoms with Gasteiger partial charge in [-0.3, -0.25) is 14.0 Å². The van der Waals surface area contributed by atoms with Crippen LogP contribution in [-0.2, 0) is 17.8 Å². The van der Waals surface area contributed by atoms with E-state index in [2.05, 4.69) is 15.6 Å². The van der Waals surface area contributed by atoms with Gasteiger partial charge < -0.3 is 10.6 Å². The summed E-state index contributed by atoms with van der Waals surface area (Å²) in [6, 6.07) is 15.4. The summed E-state index contributed by atoms with van der Waals surface area (Å²) in [7, 11) is 0. The van der Waals surface area contributed by atoms with E-state index in [0.29, 0.717) is 17.8 Å². The summed E-state index contributed by atoms with van der Waals surface area (Å²) >= 11 is 1.51. The average Bonchev–Trinajstić information content (AvgIpc) is 3.39. The lowest BCUT2D eigenvalue weighted by Crippen LogP contribution is -2.16. The van der Waals surface area contributed by atoms with Crippen molar-refractivity contribution < 1.29 is 9.59 Å². The molecule has 1 aliphatic heterocycles. The largest absolute Gasteiger partial charge is 0.348 e. The molecule has 3 heterocycles. The van der Waals surface area contributed by atoms with Crippen molar-refractivity contribution in [2.45, 2.75) is 13.0 Å². The lowest BCUT2D eigenvalue weighted by Gasteiger charge is -2.06. The van der Waals surface area contributed by atoms with Gasteiger partial charge in [-0.25, -0.2) is 4.98 Å². The number of imidazole rings is 1. The number of hydrogen-bond donors (Lipinski definition) is 2. The number of thiazole rings is 1. The third-order valence-corrected chi connectivity index (χ3v) is 5.66. The molecule has 0 radical (unpaired) electrons. The summed E-state index contributed by atoms with van der Waals surface area (Å²) < 4.78 is 1.96. The number of hydrogen-bond acceptors (Lipinski definition) is 4. The first-order chi connectivity index (χ1) is 13.7. The van der Waals surface area contributed by atoms with Gasteiger partial charge >= 0.3 is 0 Å². The standard InChI is InChI=1S/C21H16N4O2S/c26-19(23-15-7-6-14-10-22-20(27)17(14)8-15)9-16-12-28-21-24-18(11-25(16)21)13-4-2-1-3-5-13/h1-8,11-12H,9-10H2,(H,22,27)(H,23,26). The zero-order valence-electron chi connectivity index (χ0n) is 14.8. The van der Waals surface area contributed by atoms with E-state index in [0.717, 1.165) is 27.5 Å². The van der Waals surface area contributed by atoms with E-state index in [9.17, 15) is 9.59 Å². The first-order valence-corrected chi connectivity index (χ1v) is 9.77. The smallest absolute Gasteiger partial charge is 0.251 e. The Labute approximate surface area is 164 Å². The molecular formula is C21H16N4O2S. The number of anilines is 1. The SMILES string of the molecule is O=C(Cc1csc2nc(-c3ccccc3)cn12)Nc1ccc2c(c1)C(=O)NC2. The van der Waals surface area contributed by atoms with E-state index in [1.807, 2.05) is 58.4 Å². The van der Waals surface area contributed by atoms with Crippen LogP contribution in [0.4, 0.5) is 5.69 Å². The minimum atomic E-state index is -0.131. The second kappa shape index (κ2) is 6.61. The normalized spacial score (nSPS) is 12.8. The predicted octanol–water partition coefficient (Wildman–Crippen LogP) is 3.49. The van der Waals surface area contributed by atoms with Gasteiger partial charge in [0.05, 0.1) is 12.1 Å². The molecule has 1 aliphatic rings. The van der Waals surface area contributed by atoms with Crippen LogP contribution in [0.15, 0.2) is 60.1 Å². The van der Waals surface area contributed by atoms with Crippen molar-refractivity contribution in [2.75, 3.05) is 5.32 Å². The van der Waals surface area contributed by atoms with Gasteiger partial charge in [-0.15, -0.1) is 11.3 Å². The summed E-state index contributed by atoms with van der Waals surface area (Å²) in [4.78, 5) is 29.8. The van der Waals surface area contributed by atoms with Gasteiger partial charge in [-0.2, -0.15) is 0 Å². The number of carbonyl (C=O) groups excluding carboxylic acids is 2. The highest BCUT2D eigenvalue weighted by atomic mass is 32.1. The Morgan fingerprint density at radius 3 is 2.93 bits per heavy atom. The van der Waals surface area contributed by atoms with Crippen LogP contribution >= 0.6 is 11.3 Å². The van der Waals surface area contributed by atoms with Crippen molar-refractivity contribution in [1.29, 1.82) is 0 Å². The highest BCUT2D eigenvalue weighted by Crippen LogP contribution is 2.24. The molecule has 0 saturated heterocycles. The zero-order valence-corrected chi connectivity index (χ0v) is 15.6. The topological polar surface area (TPSA) is 75.5 Å². The summed E-state index contributed by atoms with van der Waals surface area (Å²) in [6.07, 6.45) is 2.19. The fourth-order valence-electron chi connectivity index (χ4n) is 3.36. The summed E-state index contributed by atoms with van der Waals surface area (Å²) in [6.45, 7) is 0.541.